The lowest BCUT2D eigenvalue weighted by Crippen LogP contribution is -2.17. The number of allylic oxidation sites excluding steroid dienone is 1. The summed E-state index contributed by atoms with van der Waals surface area (Å²) >= 11 is 0. The fraction of sp³-hybridized carbons (Fsp3) is 0.800. The third kappa shape index (κ3) is 4.07. The highest BCUT2D eigenvalue weighted by atomic mass is 15.1. The molecule has 0 amide bonds. The summed E-state index contributed by atoms with van der Waals surface area (Å²) in [4.78, 5) is 2.21. The molecule has 0 aliphatic rings. The summed E-state index contributed by atoms with van der Waals surface area (Å²) in [6, 6.07) is 0. The van der Waals surface area contributed by atoms with Gasteiger partial charge in [0, 0.05) is 19.3 Å². The van der Waals surface area contributed by atoms with Crippen LogP contribution in [0.25, 0.3) is 0 Å². The molecule has 0 radical (unpaired) electrons. The molecular formula is C10H21N. The molecule has 0 saturated carbocycles. The van der Waals surface area contributed by atoms with E-state index >= 15 is 0 Å². The van der Waals surface area contributed by atoms with Crippen LogP contribution in [-0.2, 0) is 0 Å². The van der Waals surface area contributed by atoms with Crippen LogP contribution < -0.4 is 0 Å². The molecule has 0 aromatic heterocycles. The summed E-state index contributed by atoms with van der Waals surface area (Å²) < 4.78 is 0. The van der Waals surface area contributed by atoms with Crippen LogP contribution in [0.1, 0.15) is 33.6 Å². The highest BCUT2D eigenvalue weighted by molar-refractivity contribution is 4.92. The molecule has 0 spiro atoms. The lowest BCUT2D eigenvalue weighted by molar-refractivity contribution is 0.393. The van der Waals surface area contributed by atoms with Gasteiger partial charge in [0.15, 0.2) is 0 Å². The Morgan fingerprint density at radius 1 is 1.45 bits per heavy atom. The molecule has 0 saturated heterocycles. The normalized spacial score (nSPS) is 12.7. The number of nitrogens with zero attached hydrogens (tertiary/aromatic N) is 1. The molecule has 0 fully saturated rings. The molecule has 0 aromatic rings. The lowest BCUT2D eigenvalue weighted by Gasteiger charge is -2.21. The van der Waals surface area contributed by atoms with Crippen LogP contribution in [-0.4, -0.2) is 18.5 Å². The van der Waals surface area contributed by atoms with Crippen LogP contribution >= 0.6 is 0 Å². The van der Waals surface area contributed by atoms with E-state index in [-0.39, 0.29) is 0 Å². The summed E-state index contributed by atoms with van der Waals surface area (Å²) in [7, 11) is 2.10. The van der Waals surface area contributed by atoms with Gasteiger partial charge in [-0.15, -0.1) is 0 Å². The Morgan fingerprint density at radius 3 is 2.36 bits per heavy atom. The predicted octanol–water partition coefficient (Wildman–Crippen LogP) is 2.89. The first-order chi connectivity index (χ1) is 5.11. The molecule has 0 aliphatic carbocycles. The van der Waals surface area contributed by atoms with Crippen molar-refractivity contribution in [3.63, 3.8) is 0 Å². The van der Waals surface area contributed by atoms with Gasteiger partial charge >= 0.3 is 0 Å². The van der Waals surface area contributed by atoms with Crippen molar-refractivity contribution in [2.24, 2.45) is 5.92 Å². The minimum absolute atomic E-state index is 0.775. The zero-order valence-electron chi connectivity index (χ0n) is 8.35. The lowest BCUT2D eigenvalue weighted by atomic mass is 10.0. The van der Waals surface area contributed by atoms with Gasteiger partial charge in [0.2, 0.25) is 0 Å². The van der Waals surface area contributed by atoms with Crippen molar-refractivity contribution in [1.82, 2.24) is 4.90 Å². The van der Waals surface area contributed by atoms with E-state index in [0.29, 0.717) is 0 Å². The largest absolute Gasteiger partial charge is 0.379 e. The third-order valence-electron chi connectivity index (χ3n) is 2.30. The Hall–Kier alpha value is -0.460. The Balaban J connectivity index is 3.68. The van der Waals surface area contributed by atoms with Gasteiger partial charge < -0.3 is 4.90 Å². The number of rotatable bonds is 5. The predicted molar refractivity (Wildman–Crippen MR) is 51.5 cm³/mol. The van der Waals surface area contributed by atoms with Gasteiger partial charge in [-0.25, -0.2) is 0 Å². The molecule has 0 aliphatic heterocycles. The first kappa shape index (κ1) is 10.5. The molecule has 1 nitrogen and oxygen atoms in total. The van der Waals surface area contributed by atoms with Crippen LogP contribution in [0, 0.1) is 5.92 Å². The van der Waals surface area contributed by atoms with Crippen LogP contribution in [0.5, 0.6) is 0 Å². The van der Waals surface area contributed by atoms with Crippen LogP contribution in [0.15, 0.2) is 12.3 Å². The van der Waals surface area contributed by atoms with Crippen molar-refractivity contribution in [3.05, 3.63) is 12.3 Å². The summed E-state index contributed by atoms with van der Waals surface area (Å²) in [6.45, 7) is 11.8. The van der Waals surface area contributed by atoms with E-state index in [2.05, 4.69) is 39.3 Å². The number of hydrogen-bond acceptors (Lipinski definition) is 1. The van der Waals surface area contributed by atoms with Gasteiger partial charge in [-0.2, -0.15) is 0 Å². The summed E-state index contributed by atoms with van der Waals surface area (Å²) in [6.07, 6.45) is 2.39. The smallest absolute Gasteiger partial charge is 0.0143 e. The summed E-state index contributed by atoms with van der Waals surface area (Å²) in [5.41, 5.74) is 1.27. The second kappa shape index (κ2) is 5.22. The molecule has 1 atom stereocenters. The topological polar surface area (TPSA) is 3.24 Å². The molecule has 1 heteroatoms. The second-order valence-corrected chi connectivity index (χ2v) is 3.30. The Morgan fingerprint density at radius 2 is 2.00 bits per heavy atom. The van der Waals surface area contributed by atoms with Gasteiger partial charge in [-0.05, 0) is 19.3 Å². The fourth-order valence-corrected chi connectivity index (χ4v) is 0.926. The molecular weight excluding hydrogens is 134 g/mol. The van der Waals surface area contributed by atoms with E-state index in [4.69, 9.17) is 0 Å². The molecule has 0 N–H and O–H groups in total. The average molecular weight is 155 g/mol. The van der Waals surface area contributed by atoms with E-state index < -0.39 is 0 Å². The van der Waals surface area contributed by atoms with E-state index in [0.717, 1.165) is 18.9 Å². The molecule has 0 bridgehead atoms. The molecule has 11 heavy (non-hydrogen) atoms. The summed E-state index contributed by atoms with van der Waals surface area (Å²) in [5, 5.41) is 0. The van der Waals surface area contributed by atoms with Crippen molar-refractivity contribution in [3.8, 4) is 0 Å². The second-order valence-electron chi connectivity index (χ2n) is 3.30. The first-order valence-corrected chi connectivity index (χ1v) is 4.50. The Bertz CT molecular complexity index is 118. The van der Waals surface area contributed by atoms with Crippen molar-refractivity contribution >= 4 is 0 Å². The van der Waals surface area contributed by atoms with Gasteiger partial charge in [-0.3, -0.25) is 0 Å². The maximum Gasteiger partial charge on any atom is 0.0143 e. The van der Waals surface area contributed by atoms with Crippen molar-refractivity contribution in [2.75, 3.05) is 13.6 Å². The highest BCUT2D eigenvalue weighted by Gasteiger charge is 2.04. The van der Waals surface area contributed by atoms with Crippen molar-refractivity contribution in [1.29, 1.82) is 0 Å². The minimum Gasteiger partial charge on any atom is -0.379 e. The Kier molecular flexibility index (Phi) is 5.01. The minimum atomic E-state index is 0.775. The fourth-order valence-electron chi connectivity index (χ4n) is 0.926. The summed E-state index contributed by atoms with van der Waals surface area (Å²) in [5.74, 6) is 0.775. The van der Waals surface area contributed by atoms with Crippen molar-refractivity contribution in [2.45, 2.75) is 33.6 Å². The zero-order chi connectivity index (χ0) is 8.85. The standard InChI is InChI=1S/C10H21N/c1-6-9(3)8-10(4)11(5)7-2/h9H,4,6-8H2,1-3,5H3. The van der Waals surface area contributed by atoms with Gasteiger partial charge in [0.25, 0.3) is 0 Å². The van der Waals surface area contributed by atoms with Crippen LogP contribution in [0.3, 0.4) is 0 Å². The monoisotopic (exact) mass is 155 g/mol. The van der Waals surface area contributed by atoms with E-state index in [1.54, 1.807) is 0 Å². The molecule has 0 rings (SSSR count). The number of hydrogen-bond donors (Lipinski definition) is 0. The quantitative estimate of drug-likeness (QED) is 0.590. The first-order valence-electron chi connectivity index (χ1n) is 4.50. The van der Waals surface area contributed by atoms with Gasteiger partial charge in [0.1, 0.15) is 0 Å². The molecule has 66 valence electrons. The Labute approximate surface area is 71.1 Å². The van der Waals surface area contributed by atoms with E-state index in [1.165, 1.54) is 12.1 Å². The SMILES string of the molecule is C=C(CC(C)CC)N(C)CC. The average Bonchev–Trinajstić information content (AvgIpc) is 2.02. The molecule has 0 heterocycles. The highest BCUT2D eigenvalue weighted by Crippen LogP contribution is 2.14. The van der Waals surface area contributed by atoms with Crippen molar-refractivity contribution < 1.29 is 0 Å². The van der Waals surface area contributed by atoms with Gasteiger partial charge in [-0.1, -0.05) is 26.8 Å². The maximum absolute atomic E-state index is 4.04. The maximum atomic E-state index is 4.04. The van der Waals surface area contributed by atoms with Crippen LogP contribution in [0.4, 0.5) is 0 Å². The van der Waals surface area contributed by atoms with Crippen LogP contribution in [0.2, 0.25) is 0 Å². The third-order valence-corrected chi connectivity index (χ3v) is 2.30. The van der Waals surface area contributed by atoms with Gasteiger partial charge in [0.05, 0.1) is 0 Å². The zero-order valence-corrected chi connectivity index (χ0v) is 8.35. The van der Waals surface area contributed by atoms with E-state index in [1.807, 2.05) is 0 Å². The van der Waals surface area contributed by atoms with E-state index in [9.17, 15) is 0 Å². The molecule has 1 unspecified atom stereocenters. The molecule has 0 aromatic carbocycles.